The van der Waals surface area contributed by atoms with Crippen molar-refractivity contribution >= 4 is 17.1 Å². The molecule has 1 N–H and O–H groups in total. The van der Waals surface area contributed by atoms with Gasteiger partial charge in [-0.25, -0.2) is 4.52 Å². The number of hydrogen-bond acceptors (Lipinski definition) is 2. The molecule has 0 amide bonds. The first kappa shape index (κ1) is 14.1. The lowest BCUT2D eigenvalue weighted by atomic mass is 9.99. The Morgan fingerprint density at radius 3 is 2.76 bits per heavy atom. The molecule has 0 bridgehead atoms. The number of nitrogens with one attached hydrogen (secondary N) is 1. The first-order valence-electron chi connectivity index (χ1n) is 7.20. The molecule has 0 fully saturated rings. The van der Waals surface area contributed by atoms with E-state index in [4.69, 9.17) is 11.6 Å². The summed E-state index contributed by atoms with van der Waals surface area (Å²) < 4.78 is 1.91. The third kappa shape index (κ3) is 2.94. The smallest absolute Gasteiger partial charge is 0.0712 e. The van der Waals surface area contributed by atoms with Gasteiger partial charge in [0.1, 0.15) is 0 Å². The van der Waals surface area contributed by atoms with Gasteiger partial charge in [0.2, 0.25) is 0 Å². The number of fused-ring (bicyclic) bond motifs is 1. The van der Waals surface area contributed by atoms with Crippen LogP contribution < -0.4 is 5.32 Å². The molecule has 0 aliphatic carbocycles. The lowest BCUT2D eigenvalue weighted by Crippen LogP contribution is -2.23. The first-order chi connectivity index (χ1) is 10.3. The van der Waals surface area contributed by atoms with E-state index in [1.165, 1.54) is 11.1 Å². The summed E-state index contributed by atoms with van der Waals surface area (Å²) >= 11 is 6.00. The molecule has 1 unspecified atom stereocenters. The lowest BCUT2D eigenvalue weighted by molar-refractivity contribution is 0.601. The van der Waals surface area contributed by atoms with Crippen LogP contribution in [0.2, 0.25) is 5.02 Å². The molecule has 0 aliphatic rings. The van der Waals surface area contributed by atoms with Crippen LogP contribution in [0.1, 0.15) is 30.5 Å². The van der Waals surface area contributed by atoms with E-state index in [1.54, 1.807) is 0 Å². The third-order valence-electron chi connectivity index (χ3n) is 3.57. The standard InChI is InChI=1S/C17H18ClN3/c1-2-10-19-17(13-6-8-14(18)9-7-13)15-12-20-21-11-4-3-5-16(15)21/h3-9,11-12,17,19H,2,10H2,1H3. The number of halogens is 1. The molecule has 3 aromatic rings. The number of hydrogen-bond donors (Lipinski definition) is 1. The van der Waals surface area contributed by atoms with E-state index in [2.05, 4.69) is 35.5 Å². The van der Waals surface area contributed by atoms with Crippen LogP contribution in [0.15, 0.2) is 54.9 Å². The Balaban J connectivity index is 2.04. The van der Waals surface area contributed by atoms with Gasteiger partial charge in [0.15, 0.2) is 0 Å². The average Bonchev–Trinajstić information content (AvgIpc) is 2.93. The van der Waals surface area contributed by atoms with Crippen LogP contribution in [0.4, 0.5) is 0 Å². The second kappa shape index (κ2) is 6.29. The van der Waals surface area contributed by atoms with Crippen molar-refractivity contribution in [3.8, 4) is 0 Å². The molecule has 0 spiro atoms. The number of pyridine rings is 1. The fourth-order valence-electron chi connectivity index (χ4n) is 2.53. The lowest BCUT2D eigenvalue weighted by Gasteiger charge is -2.18. The van der Waals surface area contributed by atoms with E-state index >= 15 is 0 Å². The summed E-state index contributed by atoms with van der Waals surface area (Å²) in [5.74, 6) is 0. The van der Waals surface area contributed by atoms with Gasteiger partial charge in [-0.15, -0.1) is 0 Å². The highest BCUT2D eigenvalue weighted by molar-refractivity contribution is 6.30. The normalized spacial score (nSPS) is 12.7. The molecule has 4 heteroatoms. The Morgan fingerprint density at radius 2 is 2.00 bits per heavy atom. The van der Waals surface area contributed by atoms with Crippen molar-refractivity contribution in [2.75, 3.05) is 6.54 Å². The topological polar surface area (TPSA) is 29.3 Å². The van der Waals surface area contributed by atoms with Crippen molar-refractivity contribution in [2.45, 2.75) is 19.4 Å². The van der Waals surface area contributed by atoms with E-state index in [0.29, 0.717) is 0 Å². The molecule has 2 aromatic heterocycles. The van der Waals surface area contributed by atoms with Gasteiger partial charge in [-0.05, 0) is 42.8 Å². The van der Waals surface area contributed by atoms with Gasteiger partial charge in [-0.3, -0.25) is 0 Å². The highest BCUT2D eigenvalue weighted by Crippen LogP contribution is 2.26. The molecule has 1 atom stereocenters. The number of benzene rings is 1. The molecule has 1 aromatic carbocycles. The summed E-state index contributed by atoms with van der Waals surface area (Å²) in [6.07, 6.45) is 5.00. The minimum absolute atomic E-state index is 0.127. The summed E-state index contributed by atoms with van der Waals surface area (Å²) in [6.45, 7) is 3.12. The monoisotopic (exact) mass is 299 g/mol. The zero-order valence-corrected chi connectivity index (χ0v) is 12.7. The summed E-state index contributed by atoms with van der Waals surface area (Å²) in [5, 5.41) is 8.80. The van der Waals surface area contributed by atoms with Crippen molar-refractivity contribution in [2.24, 2.45) is 0 Å². The highest BCUT2D eigenvalue weighted by Gasteiger charge is 2.17. The zero-order chi connectivity index (χ0) is 14.7. The summed E-state index contributed by atoms with van der Waals surface area (Å²) in [7, 11) is 0. The Morgan fingerprint density at radius 1 is 1.19 bits per heavy atom. The van der Waals surface area contributed by atoms with Crippen LogP contribution in [0.25, 0.3) is 5.52 Å². The van der Waals surface area contributed by atoms with Gasteiger partial charge in [-0.2, -0.15) is 5.10 Å². The van der Waals surface area contributed by atoms with Crippen molar-refractivity contribution < 1.29 is 0 Å². The van der Waals surface area contributed by atoms with Gasteiger partial charge in [0.05, 0.1) is 17.8 Å². The first-order valence-corrected chi connectivity index (χ1v) is 7.58. The van der Waals surface area contributed by atoms with Crippen LogP contribution in [0.5, 0.6) is 0 Å². The predicted molar refractivity (Wildman–Crippen MR) is 86.8 cm³/mol. The Hall–Kier alpha value is -1.84. The fraction of sp³-hybridized carbons (Fsp3) is 0.235. The molecule has 21 heavy (non-hydrogen) atoms. The van der Waals surface area contributed by atoms with E-state index in [-0.39, 0.29) is 6.04 Å². The van der Waals surface area contributed by atoms with Gasteiger partial charge >= 0.3 is 0 Å². The second-order valence-electron chi connectivity index (χ2n) is 5.07. The van der Waals surface area contributed by atoms with Gasteiger partial charge in [-0.1, -0.05) is 36.7 Å². The highest BCUT2D eigenvalue weighted by atomic mass is 35.5. The Labute approximate surface area is 129 Å². The van der Waals surface area contributed by atoms with Crippen LogP contribution in [-0.2, 0) is 0 Å². The number of aromatic nitrogens is 2. The molecule has 3 nitrogen and oxygen atoms in total. The maximum absolute atomic E-state index is 6.00. The van der Waals surface area contributed by atoms with Crippen molar-refractivity contribution in [3.63, 3.8) is 0 Å². The van der Waals surface area contributed by atoms with E-state index in [1.807, 2.05) is 41.2 Å². The Bertz CT molecular complexity index is 718. The van der Waals surface area contributed by atoms with E-state index < -0.39 is 0 Å². The zero-order valence-electron chi connectivity index (χ0n) is 12.0. The minimum atomic E-state index is 0.127. The van der Waals surface area contributed by atoms with Crippen LogP contribution in [0, 0.1) is 0 Å². The maximum atomic E-state index is 6.00. The van der Waals surface area contributed by atoms with E-state index in [0.717, 1.165) is 23.5 Å². The molecule has 0 aliphatic heterocycles. The van der Waals surface area contributed by atoms with Gasteiger partial charge < -0.3 is 5.32 Å². The molecule has 0 radical (unpaired) electrons. The summed E-state index contributed by atoms with van der Waals surface area (Å²) in [6, 6.07) is 14.3. The van der Waals surface area contributed by atoms with Crippen LogP contribution in [0.3, 0.4) is 0 Å². The van der Waals surface area contributed by atoms with Crippen molar-refractivity contribution in [1.29, 1.82) is 0 Å². The minimum Gasteiger partial charge on any atom is -0.306 e. The van der Waals surface area contributed by atoms with Gasteiger partial charge in [0.25, 0.3) is 0 Å². The molecule has 108 valence electrons. The predicted octanol–water partition coefficient (Wildman–Crippen LogP) is 4.08. The summed E-state index contributed by atoms with van der Waals surface area (Å²) in [4.78, 5) is 0. The molecule has 2 heterocycles. The molecule has 3 rings (SSSR count). The number of rotatable bonds is 5. The largest absolute Gasteiger partial charge is 0.306 e. The third-order valence-corrected chi connectivity index (χ3v) is 3.82. The maximum Gasteiger partial charge on any atom is 0.0712 e. The SMILES string of the molecule is CCCNC(c1ccc(Cl)cc1)c1cnn2ccccc12. The fourth-order valence-corrected chi connectivity index (χ4v) is 2.65. The average molecular weight is 300 g/mol. The number of nitrogens with zero attached hydrogens (tertiary/aromatic N) is 2. The van der Waals surface area contributed by atoms with Crippen molar-refractivity contribution in [3.05, 3.63) is 71.0 Å². The molecular weight excluding hydrogens is 282 g/mol. The van der Waals surface area contributed by atoms with Gasteiger partial charge in [0, 0.05) is 16.8 Å². The quantitative estimate of drug-likeness (QED) is 0.769. The Kier molecular flexibility index (Phi) is 4.23. The van der Waals surface area contributed by atoms with E-state index in [9.17, 15) is 0 Å². The van der Waals surface area contributed by atoms with Crippen molar-refractivity contribution in [1.82, 2.24) is 14.9 Å². The summed E-state index contributed by atoms with van der Waals surface area (Å²) in [5.41, 5.74) is 3.51. The van der Waals surface area contributed by atoms with Crippen LogP contribution >= 0.6 is 11.6 Å². The van der Waals surface area contributed by atoms with Crippen LogP contribution in [-0.4, -0.2) is 16.2 Å². The molecular formula is C17H18ClN3. The second-order valence-corrected chi connectivity index (χ2v) is 5.51. The molecule has 0 saturated carbocycles. The molecule has 0 saturated heterocycles.